The highest BCUT2D eigenvalue weighted by molar-refractivity contribution is 4.91. The van der Waals surface area contributed by atoms with Crippen LogP contribution >= 0.6 is 0 Å². The minimum absolute atomic E-state index is 0.0585. The highest BCUT2D eigenvalue weighted by atomic mass is 19.4. The first-order valence-electron chi connectivity index (χ1n) is 6.49. The van der Waals surface area contributed by atoms with Crippen molar-refractivity contribution in [3.05, 3.63) is 12.2 Å². The van der Waals surface area contributed by atoms with Gasteiger partial charge in [0, 0.05) is 0 Å². The molecule has 0 atom stereocenters. The third-order valence-corrected chi connectivity index (χ3v) is 3.20. The lowest BCUT2D eigenvalue weighted by atomic mass is 9.83. The van der Waals surface area contributed by atoms with Gasteiger partial charge >= 0.3 is 12.4 Å². The van der Waals surface area contributed by atoms with Gasteiger partial charge in [0.25, 0.3) is 0 Å². The molecule has 20 heavy (non-hydrogen) atoms. The molecule has 0 N–H and O–H groups in total. The molecule has 0 aliphatic heterocycles. The molecule has 0 rings (SSSR count). The Kier molecular flexibility index (Phi) is 6.18. The van der Waals surface area contributed by atoms with E-state index in [1.54, 1.807) is 12.2 Å². The molecule has 0 unspecified atom stereocenters. The Bertz CT molecular complexity index is 302. The van der Waals surface area contributed by atoms with Crippen molar-refractivity contribution in [1.82, 2.24) is 0 Å². The first-order valence-corrected chi connectivity index (χ1v) is 6.49. The Balaban J connectivity index is 4.47. The second kappa shape index (κ2) is 6.39. The number of allylic oxidation sites excluding steroid dienone is 2. The number of rotatable bonds is 5. The first-order chi connectivity index (χ1) is 8.71. The van der Waals surface area contributed by atoms with Crippen molar-refractivity contribution in [3.8, 4) is 0 Å². The van der Waals surface area contributed by atoms with E-state index >= 15 is 0 Å². The zero-order valence-electron chi connectivity index (χ0n) is 12.3. The second-order valence-electron chi connectivity index (χ2n) is 6.46. The third-order valence-electron chi connectivity index (χ3n) is 3.20. The molecule has 0 fully saturated rings. The molecule has 0 aliphatic carbocycles. The zero-order valence-corrected chi connectivity index (χ0v) is 12.3. The van der Waals surface area contributed by atoms with Crippen LogP contribution in [0.1, 0.15) is 53.4 Å². The number of unbranched alkanes of at least 4 members (excludes halogenated alkanes) is 1. The van der Waals surface area contributed by atoms with Crippen molar-refractivity contribution in [2.45, 2.75) is 65.7 Å². The van der Waals surface area contributed by atoms with E-state index in [-0.39, 0.29) is 25.2 Å². The molecule has 0 aliphatic rings. The second-order valence-corrected chi connectivity index (χ2v) is 6.46. The number of alkyl halides is 6. The van der Waals surface area contributed by atoms with Gasteiger partial charge in [-0.25, -0.2) is 0 Å². The van der Waals surface area contributed by atoms with E-state index < -0.39 is 24.2 Å². The Morgan fingerprint density at radius 1 is 0.750 bits per heavy atom. The van der Waals surface area contributed by atoms with Crippen LogP contribution in [0.3, 0.4) is 0 Å². The predicted octanol–water partition coefficient (Wildman–Crippen LogP) is 6.28. The maximum Gasteiger partial charge on any atom is 0.402 e. The standard InChI is InChI=1S/C14H22F6/c1-11(2,3)9-7-5-6-8-10-12(4,13(15,16)17)14(18,19)20/h5,7H,6,8-10H2,1-4H3/b7-5-. The SMILES string of the molecule is CC(C)(C)C/C=C\CCCC(C)(C(F)(F)F)C(F)(F)F. The Hall–Kier alpha value is -0.680. The summed E-state index contributed by atoms with van der Waals surface area (Å²) < 4.78 is 75.6. The van der Waals surface area contributed by atoms with Gasteiger partial charge in [-0.3, -0.25) is 0 Å². The topological polar surface area (TPSA) is 0 Å². The molecule has 0 saturated carbocycles. The fourth-order valence-corrected chi connectivity index (χ4v) is 1.57. The van der Waals surface area contributed by atoms with Gasteiger partial charge < -0.3 is 0 Å². The molecule has 0 heterocycles. The summed E-state index contributed by atoms with van der Waals surface area (Å²) in [5, 5.41) is 0. The average molecular weight is 304 g/mol. The molecule has 0 spiro atoms. The van der Waals surface area contributed by atoms with Gasteiger partial charge in [0.2, 0.25) is 0 Å². The molecule has 0 aromatic heterocycles. The van der Waals surface area contributed by atoms with Gasteiger partial charge in [-0.1, -0.05) is 32.9 Å². The smallest absolute Gasteiger partial charge is 0.170 e. The summed E-state index contributed by atoms with van der Waals surface area (Å²) in [4.78, 5) is 0. The molecule has 0 nitrogen and oxygen atoms in total. The fraction of sp³-hybridized carbons (Fsp3) is 0.857. The summed E-state index contributed by atoms with van der Waals surface area (Å²) in [5.41, 5.74) is -3.57. The van der Waals surface area contributed by atoms with E-state index in [4.69, 9.17) is 0 Å². The fourth-order valence-electron chi connectivity index (χ4n) is 1.57. The van der Waals surface area contributed by atoms with E-state index in [9.17, 15) is 26.3 Å². The van der Waals surface area contributed by atoms with E-state index in [1.807, 2.05) is 20.8 Å². The first kappa shape index (κ1) is 19.3. The van der Waals surface area contributed by atoms with Gasteiger partial charge in [0.1, 0.15) is 0 Å². The van der Waals surface area contributed by atoms with Crippen LogP contribution in [-0.2, 0) is 0 Å². The third kappa shape index (κ3) is 5.75. The summed E-state index contributed by atoms with van der Waals surface area (Å²) in [5.74, 6) is 0. The van der Waals surface area contributed by atoms with Gasteiger partial charge in [-0.2, -0.15) is 26.3 Å². The molecular weight excluding hydrogens is 282 g/mol. The molecule has 0 amide bonds. The van der Waals surface area contributed by atoms with E-state index in [1.165, 1.54) is 0 Å². The molecule has 0 aromatic carbocycles. The van der Waals surface area contributed by atoms with Crippen LogP contribution in [0.2, 0.25) is 0 Å². The summed E-state index contributed by atoms with van der Waals surface area (Å²) in [7, 11) is 0. The lowest BCUT2D eigenvalue weighted by Crippen LogP contribution is -2.47. The number of hydrogen-bond acceptors (Lipinski definition) is 0. The molecular formula is C14H22F6. The quantitative estimate of drug-likeness (QED) is 0.318. The number of halogens is 6. The zero-order chi connectivity index (χ0) is 16.2. The molecule has 0 radical (unpaired) electrons. The summed E-state index contributed by atoms with van der Waals surface area (Å²) in [6, 6.07) is 0. The highest BCUT2D eigenvalue weighted by Gasteiger charge is 2.66. The van der Waals surface area contributed by atoms with E-state index in [2.05, 4.69) is 0 Å². The van der Waals surface area contributed by atoms with Gasteiger partial charge in [0.05, 0.1) is 0 Å². The van der Waals surface area contributed by atoms with Crippen molar-refractivity contribution >= 4 is 0 Å². The summed E-state index contributed by atoms with van der Waals surface area (Å²) in [6.07, 6.45) is -7.23. The van der Waals surface area contributed by atoms with E-state index in [0.717, 1.165) is 6.42 Å². The molecule has 0 aromatic rings. The van der Waals surface area contributed by atoms with Crippen LogP contribution in [0.4, 0.5) is 26.3 Å². The Morgan fingerprint density at radius 2 is 1.20 bits per heavy atom. The van der Waals surface area contributed by atoms with Crippen LogP contribution in [0.5, 0.6) is 0 Å². The van der Waals surface area contributed by atoms with Crippen molar-refractivity contribution in [2.24, 2.45) is 10.8 Å². The van der Waals surface area contributed by atoms with Crippen molar-refractivity contribution < 1.29 is 26.3 Å². The van der Waals surface area contributed by atoms with Gasteiger partial charge in [-0.05, 0) is 38.0 Å². The Morgan fingerprint density at radius 3 is 1.55 bits per heavy atom. The van der Waals surface area contributed by atoms with Crippen LogP contribution in [-0.4, -0.2) is 12.4 Å². The van der Waals surface area contributed by atoms with Crippen molar-refractivity contribution in [1.29, 1.82) is 0 Å². The maximum atomic E-state index is 12.6. The van der Waals surface area contributed by atoms with Crippen LogP contribution < -0.4 is 0 Å². The van der Waals surface area contributed by atoms with E-state index in [0.29, 0.717) is 0 Å². The minimum atomic E-state index is -5.28. The van der Waals surface area contributed by atoms with Crippen molar-refractivity contribution in [2.75, 3.05) is 0 Å². The average Bonchev–Trinajstić information content (AvgIpc) is 2.17. The molecule has 120 valence electrons. The Labute approximate surface area is 116 Å². The van der Waals surface area contributed by atoms with Crippen LogP contribution in [0.15, 0.2) is 12.2 Å². The predicted molar refractivity (Wildman–Crippen MR) is 67.3 cm³/mol. The molecule has 6 heteroatoms. The highest BCUT2D eigenvalue weighted by Crippen LogP contribution is 2.52. The van der Waals surface area contributed by atoms with Gasteiger partial charge in [-0.15, -0.1) is 0 Å². The maximum absolute atomic E-state index is 12.6. The summed E-state index contributed by atoms with van der Waals surface area (Å²) >= 11 is 0. The molecule has 0 saturated heterocycles. The lowest BCUT2D eigenvalue weighted by Gasteiger charge is -2.33. The van der Waals surface area contributed by atoms with Crippen molar-refractivity contribution in [3.63, 3.8) is 0 Å². The lowest BCUT2D eigenvalue weighted by molar-refractivity contribution is -0.336. The largest absolute Gasteiger partial charge is 0.402 e. The normalized spacial score (nSPS) is 15.1. The van der Waals surface area contributed by atoms with Gasteiger partial charge in [0.15, 0.2) is 5.41 Å². The number of hydrogen-bond donors (Lipinski definition) is 0. The monoisotopic (exact) mass is 304 g/mol. The summed E-state index contributed by atoms with van der Waals surface area (Å²) in [6.45, 7) is 6.23. The van der Waals surface area contributed by atoms with Crippen LogP contribution in [0, 0.1) is 10.8 Å². The van der Waals surface area contributed by atoms with Crippen LogP contribution in [0.25, 0.3) is 0 Å². The molecule has 0 bridgehead atoms. The minimum Gasteiger partial charge on any atom is -0.170 e.